The van der Waals surface area contributed by atoms with E-state index in [1.54, 1.807) is 30.1 Å². The van der Waals surface area contributed by atoms with Crippen molar-refractivity contribution in [3.63, 3.8) is 0 Å². The third-order valence-electron chi connectivity index (χ3n) is 3.99. The van der Waals surface area contributed by atoms with E-state index in [1.165, 1.54) is 11.0 Å². The first-order valence-electron chi connectivity index (χ1n) is 8.01. The predicted molar refractivity (Wildman–Crippen MR) is 91.5 cm³/mol. The Hall–Kier alpha value is -3.22. The quantitative estimate of drug-likeness (QED) is 0.655. The molecule has 3 amide bonds. The monoisotopic (exact) mass is 338 g/mol. The molecule has 1 fully saturated rings. The summed E-state index contributed by atoms with van der Waals surface area (Å²) in [5, 5.41) is 6.48. The van der Waals surface area contributed by atoms with Crippen LogP contribution in [0.2, 0.25) is 0 Å². The SMILES string of the molecule is CCN(C(=O)/C=C\c1cnn(-c2ccccc2)c1)[C@@H]1CC(=O)NC1=O. The van der Waals surface area contributed by atoms with Crippen molar-refractivity contribution in [3.05, 3.63) is 54.4 Å². The van der Waals surface area contributed by atoms with Crippen LogP contribution >= 0.6 is 0 Å². The molecule has 0 bridgehead atoms. The molecule has 25 heavy (non-hydrogen) atoms. The van der Waals surface area contributed by atoms with E-state index in [4.69, 9.17) is 0 Å². The van der Waals surface area contributed by atoms with Gasteiger partial charge in [-0.2, -0.15) is 5.10 Å². The van der Waals surface area contributed by atoms with E-state index in [-0.39, 0.29) is 18.2 Å². The minimum atomic E-state index is -0.735. The number of likely N-dealkylation sites (N-methyl/N-ethyl adjacent to an activating group) is 1. The Morgan fingerprint density at radius 2 is 2.12 bits per heavy atom. The van der Waals surface area contributed by atoms with Gasteiger partial charge in [0.1, 0.15) is 6.04 Å². The van der Waals surface area contributed by atoms with Gasteiger partial charge in [0.05, 0.1) is 18.3 Å². The molecule has 7 nitrogen and oxygen atoms in total. The lowest BCUT2D eigenvalue weighted by atomic mass is 10.2. The molecule has 0 radical (unpaired) electrons. The molecule has 1 aromatic heterocycles. The van der Waals surface area contributed by atoms with E-state index in [0.717, 1.165) is 11.3 Å². The van der Waals surface area contributed by atoms with Gasteiger partial charge in [-0.1, -0.05) is 18.2 Å². The zero-order valence-corrected chi connectivity index (χ0v) is 13.8. The maximum absolute atomic E-state index is 12.4. The molecule has 1 atom stereocenters. The normalized spacial score (nSPS) is 17.1. The van der Waals surface area contributed by atoms with Crippen LogP contribution in [0.1, 0.15) is 18.9 Å². The summed E-state index contributed by atoms with van der Waals surface area (Å²) in [4.78, 5) is 36.9. The van der Waals surface area contributed by atoms with Gasteiger partial charge >= 0.3 is 0 Å². The van der Waals surface area contributed by atoms with Gasteiger partial charge in [-0.3, -0.25) is 19.7 Å². The number of rotatable bonds is 5. The molecule has 1 aromatic carbocycles. The number of hydrogen-bond donors (Lipinski definition) is 1. The smallest absolute Gasteiger partial charge is 0.249 e. The number of nitrogens with zero attached hydrogens (tertiary/aromatic N) is 3. The molecular formula is C18H18N4O3. The molecule has 3 rings (SSSR count). The predicted octanol–water partition coefficient (Wildman–Crippen LogP) is 1.15. The van der Waals surface area contributed by atoms with Crippen LogP contribution in [0.4, 0.5) is 0 Å². The Labute approximate surface area is 144 Å². The standard InChI is InChI=1S/C18H18N4O3/c1-2-21(15-10-16(23)20-18(15)25)17(24)9-8-13-11-19-22(12-13)14-6-4-3-5-7-14/h3-9,11-12,15H,2,10H2,1H3,(H,20,23,25)/b9-8-/t15-/m1/s1. The lowest BCUT2D eigenvalue weighted by molar-refractivity contribution is -0.135. The summed E-state index contributed by atoms with van der Waals surface area (Å²) in [6.45, 7) is 2.12. The first-order chi connectivity index (χ1) is 12.1. The van der Waals surface area contributed by atoms with Crippen LogP contribution in [-0.4, -0.2) is 45.0 Å². The van der Waals surface area contributed by atoms with Crippen LogP contribution in [0.25, 0.3) is 11.8 Å². The Balaban J connectivity index is 1.71. The molecule has 1 aliphatic rings. The van der Waals surface area contributed by atoms with Gasteiger partial charge in [-0.25, -0.2) is 4.68 Å². The summed E-state index contributed by atoms with van der Waals surface area (Å²) in [5.74, 6) is -1.09. The number of carbonyl (C=O) groups excluding carboxylic acids is 3. The Bertz CT molecular complexity index is 826. The largest absolute Gasteiger partial charge is 0.327 e. The van der Waals surface area contributed by atoms with Crippen molar-refractivity contribution < 1.29 is 14.4 Å². The van der Waals surface area contributed by atoms with Crippen molar-refractivity contribution in [2.75, 3.05) is 6.54 Å². The summed E-state index contributed by atoms with van der Waals surface area (Å²) >= 11 is 0. The maximum Gasteiger partial charge on any atom is 0.249 e. The highest BCUT2D eigenvalue weighted by Gasteiger charge is 2.36. The first kappa shape index (κ1) is 16.6. The number of aromatic nitrogens is 2. The topological polar surface area (TPSA) is 84.3 Å². The number of imide groups is 1. The molecule has 1 saturated heterocycles. The van der Waals surface area contributed by atoms with Gasteiger partial charge in [0.15, 0.2) is 0 Å². The zero-order valence-electron chi connectivity index (χ0n) is 13.8. The molecule has 2 aromatic rings. The number of hydrogen-bond acceptors (Lipinski definition) is 4. The first-order valence-corrected chi connectivity index (χ1v) is 8.01. The summed E-state index contributed by atoms with van der Waals surface area (Å²) in [6.07, 6.45) is 6.51. The summed E-state index contributed by atoms with van der Waals surface area (Å²) in [6, 6.07) is 8.89. The van der Waals surface area contributed by atoms with Crippen molar-refractivity contribution in [3.8, 4) is 5.69 Å². The summed E-state index contributed by atoms with van der Waals surface area (Å²) < 4.78 is 1.71. The van der Waals surface area contributed by atoms with E-state index >= 15 is 0 Å². The minimum absolute atomic E-state index is 0.0121. The Kier molecular flexibility index (Phi) is 4.74. The fourth-order valence-electron chi connectivity index (χ4n) is 2.73. The van der Waals surface area contributed by atoms with Crippen molar-refractivity contribution >= 4 is 23.8 Å². The second kappa shape index (κ2) is 7.12. The van der Waals surface area contributed by atoms with E-state index in [1.807, 2.05) is 30.3 Å². The molecule has 0 saturated carbocycles. The fourth-order valence-corrected chi connectivity index (χ4v) is 2.73. The number of nitrogens with one attached hydrogen (secondary N) is 1. The highest BCUT2D eigenvalue weighted by Crippen LogP contribution is 2.13. The Morgan fingerprint density at radius 3 is 2.76 bits per heavy atom. The lowest BCUT2D eigenvalue weighted by Gasteiger charge is -2.23. The van der Waals surface area contributed by atoms with Crippen molar-refractivity contribution in [1.82, 2.24) is 20.0 Å². The molecule has 128 valence electrons. The highest BCUT2D eigenvalue weighted by molar-refractivity contribution is 6.07. The third kappa shape index (κ3) is 3.65. The Morgan fingerprint density at radius 1 is 1.36 bits per heavy atom. The minimum Gasteiger partial charge on any atom is -0.327 e. The van der Waals surface area contributed by atoms with Gasteiger partial charge in [0, 0.05) is 24.4 Å². The molecule has 0 aliphatic carbocycles. The lowest BCUT2D eigenvalue weighted by Crippen LogP contribution is -2.43. The fraction of sp³-hybridized carbons (Fsp3) is 0.222. The molecule has 0 spiro atoms. The van der Waals surface area contributed by atoms with Gasteiger partial charge in [-0.15, -0.1) is 0 Å². The van der Waals surface area contributed by atoms with Crippen LogP contribution in [0, 0.1) is 0 Å². The van der Waals surface area contributed by atoms with Crippen molar-refractivity contribution in [2.45, 2.75) is 19.4 Å². The molecule has 0 unspecified atom stereocenters. The molecule has 2 heterocycles. The second-order valence-corrected chi connectivity index (χ2v) is 5.64. The van der Waals surface area contributed by atoms with E-state index in [9.17, 15) is 14.4 Å². The number of benzene rings is 1. The molecule has 1 N–H and O–H groups in total. The second-order valence-electron chi connectivity index (χ2n) is 5.64. The van der Waals surface area contributed by atoms with Crippen molar-refractivity contribution in [2.24, 2.45) is 0 Å². The number of para-hydroxylation sites is 1. The van der Waals surface area contributed by atoms with Crippen LogP contribution in [0.15, 0.2) is 48.8 Å². The van der Waals surface area contributed by atoms with Gasteiger partial charge in [0.2, 0.25) is 17.7 Å². The van der Waals surface area contributed by atoms with Crippen LogP contribution < -0.4 is 5.32 Å². The van der Waals surface area contributed by atoms with Crippen LogP contribution in [0.3, 0.4) is 0 Å². The van der Waals surface area contributed by atoms with Crippen LogP contribution in [-0.2, 0) is 14.4 Å². The number of amides is 3. The van der Waals surface area contributed by atoms with E-state index < -0.39 is 11.9 Å². The highest BCUT2D eigenvalue weighted by atomic mass is 16.2. The van der Waals surface area contributed by atoms with E-state index in [2.05, 4.69) is 10.4 Å². The zero-order chi connectivity index (χ0) is 17.8. The van der Waals surface area contributed by atoms with Gasteiger partial charge in [0.25, 0.3) is 0 Å². The van der Waals surface area contributed by atoms with Crippen LogP contribution in [0.5, 0.6) is 0 Å². The van der Waals surface area contributed by atoms with E-state index in [0.29, 0.717) is 6.54 Å². The summed E-state index contributed by atoms with van der Waals surface area (Å²) in [7, 11) is 0. The average Bonchev–Trinajstić information content (AvgIpc) is 3.21. The third-order valence-corrected chi connectivity index (χ3v) is 3.99. The molecule has 7 heteroatoms. The van der Waals surface area contributed by atoms with Gasteiger partial charge in [-0.05, 0) is 25.1 Å². The van der Waals surface area contributed by atoms with Gasteiger partial charge < -0.3 is 4.90 Å². The number of carbonyl (C=O) groups is 3. The summed E-state index contributed by atoms with van der Waals surface area (Å²) in [5.41, 5.74) is 1.69. The maximum atomic E-state index is 12.4. The van der Waals surface area contributed by atoms with Crippen molar-refractivity contribution in [1.29, 1.82) is 0 Å². The molecule has 1 aliphatic heterocycles. The molecular weight excluding hydrogens is 320 g/mol. The average molecular weight is 338 g/mol.